The minimum absolute atomic E-state index is 0.284. The van der Waals surface area contributed by atoms with Crippen LogP contribution in [-0.4, -0.2) is 29.1 Å². The molecular weight excluding hydrogens is 200 g/mol. The quantitative estimate of drug-likeness (QED) is 0.821. The molecule has 0 spiro atoms. The van der Waals surface area contributed by atoms with Gasteiger partial charge < -0.3 is 10.6 Å². The first-order valence-electron chi connectivity index (χ1n) is 5.99. The van der Waals surface area contributed by atoms with Crippen LogP contribution in [-0.2, 0) is 0 Å². The highest BCUT2D eigenvalue weighted by molar-refractivity contribution is 5.40. The molecule has 2 N–H and O–H groups in total. The van der Waals surface area contributed by atoms with Crippen molar-refractivity contribution in [2.75, 3.05) is 18.0 Å². The van der Waals surface area contributed by atoms with E-state index < -0.39 is 0 Å². The van der Waals surface area contributed by atoms with Crippen molar-refractivity contribution in [3.63, 3.8) is 0 Å². The third-order valence-electron chi connectivity index (χ3n) is 3.05. The van der Waals surface area contributed by atoms with E-state index in [0.717, 1.165) is 37.4 Å². The average molecular weight is 220 g/mol. The maximum Gasteiger partial charge on any atom is 0.132 e. The molecular formula is C12H20N4. The summed E-state index contributed by atoms with van der Waals surface area (Å²) in [6, 6.07) is 2.37. The van der Waals surface area contributed by atoms with Crippen molar-refractivity contribution in [1.82, 2.24) is 9.97 Å². The van der Waals surface area contributed by atoms with Gasteiger partial charge in [0.2, 0.25) is 0 Å². The topological polar surface area (TPSA) is 55.0 Å². The molecule has 0 aromatic carbocycles. The Morgan fingerprint density at radius 1 is 1.44 bits per heavy atom. The molecule has 1 atom stereocenters. The number of hydrogen-bond donors (Lipinski definition) is 1. The first-order valence-corrected chi connectivity index (χ1v) is 5.99. The van der Waals surface area contributed by atoms with E-state index in [-0.39, 0.29) is 6.04 Å². The highest BCUT2D eigenvalue weighted by Crippen LogP contribution is 2.20. The summed E-state index contributed by atoms with van der Waals surface area (Å²) >= 11 is 0. The monoisotopic (exact) mass is 220 g/mol. The molecule has 0 aliphatic carbocycles. The van der Waals surface area contributed by atoms with Gasteiger partial charge in [-0.3, -0.25) is 0 Å². The van der Waals surface area contributed by atoms with Crippen LogP contribution in [0.25, 0.3) is 0 Å². The van der Waals surface area contributed by atoms with E-state index in [4.69, 9.17) is 5.73 Å². The molecule has 1 aliphatic rings. The molecule has 88 valence electrons. The van der Waals surface area contributed by atoms with E-state index in [2.05, 4.69) is 34.8 Å². The zero-order chi connectivity index (χ0) is 11.5. The van der Waals surface area contributed by atoms with Gasteiger partial charge in [0.15, 0.2) is 0 Å². The molecule has 0 amide bonds. The van der Waals surface area contributed by atoms with Crippen molar-refractivity contribution in [1.29, 1.82) is 0 Å². The fraction of sp³-hybridized carbons (Fsp3) is 0.667. The average Bonchev–Trinajstić information content (AvgIpc) is 2.29. The Morgan fingerprint density at radius 3 is 2.94 bits per heavy atom. The lowest BCUT2D eigenvalue weighted by Gasteiger charge is -2.31. The molecule has 16 heavy (non-hydrogen) atoms. The van der Waals surface area contributed by atoms with Crippen molar-refractivity contribution in [2.24, 2.45) is 5.73 Å². The maximum absolute atomic E-state index is 5.98. The van der Waals surface area contributed by atoms with Gasteiger partial charge in [0.05, 0.1) is 0 Å². The Kier molecular flexibility index (Phi) is 3.39. The number of hydrogen-bond acceptors (Lipinski definition) is 4. The lowest BCUT2D eigenvalue weighted by atomic mass is 10.1. The smallest absolute Gasteiger partial charge is 0.132 e. The number of aromatic nitrogens is 2. The van der Waals surface area contributed by atoms with Crippen LogP contribution in [0.5, 0.6) is 0 Å². The number of piperidine rings is 1. The van der Waals surface area contributed by atoms with Gasteiger partial charge >= 0.3 is 0 Å². The van der Waals surface area contributed by atoms with Crippen LogP contribution in [0.4, 0.5) is 5.82 Å². The Balaban J connectivity index is 2.16. The predicted molar refractivity (Wildman–Crippen MR) is 65.5 cm³/mol. The first-order chi connectivity index (χ1) is 7.66. The summed E-state index contributed by atoms with van der Waals surface area (Å²) in [5, 5.41) is 0. The van der Waals surface area contributed by atoms with Gasteiger partial charge in [-0.25, -0.2) is 9.97 Å². The highest BCUT2D eigenvalue weighted by atomic mass is 15.2. The minimum atomic E-state index is 0.284. The first kappa shape index (κ1) is 11.3. The predicted octanol–water partition coefficient (Wildman–Crippen LogP) is 1.53. The van der Waals surface area contributed by atoms with Gasteiger partial charge in [0, 0.05) is 30.9 Å². The van der Waals surface area contributed by atoms with Crippen LogP contribution in [0.2, 0.25) is 0 Å². The lowest BCUT2D eigenvalue weighted by Crippen LogP contribution is -2.43. The maximum atomic E-state index is 5.98. The zero-order valence-corrected chi connectivity index (χ0v) is 10.1. The molecule has 0 unspecified atom stereocenters. The SMILES string of the molecule is CC(C)c1cc(N2CCC[C@@H](N)C2)ncn1. The second-order valence-corrected chi connectivity index (χ2v) is 4.80. The fourth-order valence-electron chi connectivity index (χ4n) is 2.07. The number of anilines is 1. The number of rotatable bonds is 2. The van der Waals surface area contributed by atoms with Crippen molar-refractivity contribution in [2.45, 2.75) is 38.6 Å². The van der Waals surface area contributed by atoms with Crippen LogP contribution in [0, 0.1) is 0 Å². The summed E-state index contributed by atoms with van der Waals surface area (Å²) in [5.74, 6) is 1.47. The molecule has 1 fully saturated rings. The Bertz CT molecular complexity index is 351. The van der Waals surface area contributed by atoms with Crippen LogP contribution >= 0.6 is 0 Å². The van der Waals surface area contributed by atoms with Crippen molar-refractivity contribution >= 4 is 5.82 Å². The van der Waals surface area contributed by atoms with E-state index in [1.54, 1.807) is 6.33 Å². The molecule has 1 aromatic heterocycles. The lowest BCUT2D eigenvalue weighted by molar-refractivity contribution is 0.502. The molecule has 4 nitrogen and oxygen atoms in total. The number of nitrogens with two attached hydrogens (primary N) is 1. The van der Waals surface area contributed by atoms with Crippen molar-refractivity contribution < 1.29 is 0 Å². The van der Waals surface area contributed by atoms with Gasteiger partial charge in [-0.05, 0) is 18.8 Å². The molecule has 2 heterocycles. The van der Waals surface area contributed by atoms with E-state index in [9.17, 15) is 0 Å². The van der Waals surface area contributed by atoms with Gasteiger partial charge in [-0.2, -0.15) is 0 Å². The van der Waals surface area contributed by atoms with Gasteiger partial charge in [0.1, 0.15) is 12.1 Å². The summed E-state index contributed by atoms with van der Waals surface area (Å²) in [4.78, 5) is 10.9. The summed E-state index contributed by atoms with van der Waals surface area (Å²) < 4.78 is 0. The van der Waals surface area contributed by atoms with E-state index >= 15 is 0 Å². The molecule has 1 saturated heterocycles. The summed E-state index contributed by atoms with van der Waals surface area (Å²) in [6.07, 6.45) is 3.94. The van der Waals surface area contributed by atoms with E-state index in [1.807, 2.05) is 0 Å². The van der Waals surface area contributed by atoms with Crippen molar-refractivity contribution in [3.8, 4) is 0 Å². The zero-order valence-electron chi connectivity index (χ0n) is 10.1. The molecule has 2 rings (SSSR count). The second kappa shape index (κ2) is 4.78. The Hall–Kier alpha value is -1.16. The third-order valence-corrected chi connectivity index (χ3v) is 3.05. The number of nitrogens with zero attached hydrogens (tertiary/aromatic N) is 3. The van der Waals surface area contributed by atoms with Crippen LogP contribution < -0.4 is 10.6 Å². The Morgan fingerprint density at radius 2 is 2.25 bits per heavy atom. The van der Waals surface area contributed by atoms with E-state index in [0.29, 0.717) is 5.92 Å². The normalized spacial score (nSPS) is 21.5. The minimum Gasteiger partial charge on any atom is -0.355 e. The van der Waals surface area contributed by atoms with Crippen LogP contribution in [0.1, 0.15) is 38.3 Å². The third kappa shape index (κ3) is 2.50. The molecule has 1 aliphatic heterocycles. The van der Waals surface area contributed by atoms with Gasteiger partial charge in [0.25, 0.3) is 0 Å². The van der Waals surface area contributed by atoms with Crippen LogP contribution in [0.3, 0.4) is 0 Å². The van der Waals surface area contributed by atoms with Crippen molar-refractivity contribution in [3.05, 3.63) is 18.1 Å². The Labute approximate surface area is 96.9 Å². The van der Waals surface area contributed by atoms with Gasteiger partial charge in [-0.15, -0.1) is 0 Å². The standard InChI is InChI=1S/C12H20N4/c1-9(2)11-6-12(15-8-14-11)16-5-3-4-10(13)7-16/h6,8-10H,3-5,7,13H2,1-2H3/t10-/m1/s1. The van der Waals surface area contributed by atoms with Crippen LogP contribution in [0.15, 0.2) is 12.4 Å². The second-order valence-electron chi connectivity index (χ2n) is 4.80. The summed E-state index contributed by atoms with van der Waals surface area (Å²) in [7, 11) is 0. The summed E-state index contributed by atoms with van der Waals surface area (Å²) in [5.41, 5.74) is 7.08. The highest BCUT2D eigenvalue weighted by Gasteiger charge is 2.18. The fourth-order valence-corrected chi connectivity index (χ4v) is 2.07. The molecule has 4 heteroatoms. The molecule has 0 saturated carbocycles. The molecule has 1 aromatic rings. The molecule has 0 radical (unpaired) electrons. The van der Waals surface area contributed by atoms with Gasteiger partial charge in [-0.1, -0.05) is 13.8 Å². The van der Waals surface area contributed by atoms with E-state index in [1.165, 1.54) is 0 Å². The summed E-state index contributed by atoms with van der Waals surface area (Å²) in [6.45, 7) is 6.26. The molecule has 0 bridgehead atoms. The largest absolute Gasteiger partial charge is 0.355 e.